The van der Waals surface area contributed by atoms with Crippen molar-refractivity contribution in [3.8, 4) is 5.75 Å². The van der Waals surface area contributed by atoms with E-state index in [1.165, 1.54) is 22.3 Å². The van der Waals surface area contributed by atoms with Crippen LogP contribution in [-0.4, -0.2) is 77.7 Å². The van der Waals surface area contributed by atoms with Crippen LogP contribution in [0.5, 0.6) is 5.75 Å². The number of carbonyl (C=O) groups is 1. The maximum absolute atomic E-state index is 10.9. The molecule has 2 aliphatic rings. The van der Waals surface area contributed by atoms with Gasteiger partial charge in [-0.05, 0) is 48.2 Å². The Morgan fingerprint density at radius 3 is 2.33 bits per heavy atom. The minimum atomic E-state index is -0.726. The molecular formula is C33H41N3O3. The molecule has 0 amide bonds. The molecule has 5 rings (SSSR count). The normalized spacial score (nSPS) is 21.8. The first-order valence-corrected chi connectivity index (χ1v) is 14.1. The zero-order valence-corrected chi connectivity index (χ0v) is 23.4. The first kappa shape index (κ1) is 27.4. The van der Waals surface area contributed by atoms with Crippen LogP contribution in [0.4, 0.5) is 0 Å². The van der Waals surface area contributed by atoms with Gasteiger partial charge in [0.1, 0.15) is 5.75 Å². The molecule has 39 heavy (non-hydrogen) atoms. The number of rotatable bonds is 10. The highest BCUT2D eigenvalue weighted by molar-refractivity contribution is 5.66. The van der Waals surface area contributed by atoms with E-state index in [4.69, 9.17) is 9.84 Å². The minimum Gasteiger partial charge on any atom is -0.497 e. The lowest BCUT2D eigenvalue weighted by molar-refractivity contribution is -0.137. The van der Waals surface area contributed by atoms with Crippen molar-refractivity contribution >= 4 is 5.97 Å². The molecule has 2 fully saturated rings. The van der Waals surface area contributed by atoms with E-state index in [2.05, 4.69) is 101 Å². The van der Waals surface area contributed by atoms with Crippen molar-refractivity contribution in [2.75, 3.05) is 39.8 Å². The molecule has 1 N–H and O–H groups in total. The summed E-state index contributed by atoms with van der Waals surface area (Å²) in [5, 5.41) is 8.96. The monoisotopic (exact) mass is 527 g/mol. The average molecular weight is 528 g/mol. The van der Waals surface area contributed by atoms with Gasteiger partial charge < -0.3 is 14.7 Å². The second-order valence-corrected chi connectivity index (χ2v) is 11.3. The van der Waals surface area contributed by atoms with Gasteiger partial charge in [0.2, 0.25) is 0 Å². The molecule has 0 spiro atoms. The summed E-state index contributed by atoms with van der Waals surface area (Å²) in [6.07, 6.45) is 0.211. The van der Waals surface area contributed by atoms with Crippen molar-refractivity contribution in [3.05, 3.63) is 101 Å². The van der Waals surface area contributed by atoms with Crippen LogP contribution in [0.25, 0.3) is 0 Å². The summed E-state index contributed by atoms with van der Waals surface area (Å²) in [6.45, 7) is 10.2. The van der Waals surface area contributed by atoms with Crippen molar-refractivity contribution in [2.45, 2.75) is 50.9 Å². The molecule has 6 nitrogen and oxygen atoms in total. The fourth-order valence-electron chi connectivity index (χ4n) is 6.18. The Morgan fingerprint density at radius 1 is 0.897 bits per heavy atom. The molecule has 2 aliphatic heterocycles. The fourth-order valence-corrected chi connectivity index (χ4v) is 6.18. The lowest BCUT2D eigenvalue weighted by Gasteiger charge is -2.48. The zero-order valence-electron chi connectivity index (χ0n) is 23.4. The number of ether oxygens (including phenoxy) is 1. The molecule has 3 atom stereocenters. The third-order valence-electron chi connectivity index (χ3n) is 8.46. The van der Waals surface area contributed by atoms with Gasteiger partial charge in [0.25, 0.3) is 0 Å². The largest absolute Gasteiger partial charge is 0.497 e. The highest BCUT2D eigenvalue weighted by atomic mass is 16.5. The van der Waals surface area contributed by atoms with Crippen LogP contribution in [0.15, 0.2) is 78.9 Å². The molecule has 2 saturated heterocycles. The Kier molecular flexibility index (Phi) is 8.66. The summed E-state index contributed by atoms with van der Waals surface area (Å²) in [7, 11) is 1.73. The number of hydrogen-bond acceptors (Lipinski definition) is 5. The van der Waals surface area contributed by atoms with Gasteiger partial charge in [0.15, 0.2) is 0 Å². The molecule has 0 aromatic heterocycles. The second kappa shape index (κ2) is 12.3. The van der Waals surface area contributed by atoms with E-state index in [9.17, 15) is 4.79 Å². The van der Waals surface area contributed by atoms with E-state index in [0.717, 1.165) is 38.5 Å². The number of piperazine rings is 1. The lowest BCUT2D eigenvalue weighted by Crippen LogP contribution is -2.56. The molecule has 3 aromatic rings. The summed E-state index contributed by atoms with van der Waals surface area (Å²) < 4.78 is 5.61. The lowest BCUT2D eigenvalue weighted by atomic mass is 9.88. The fraction of sp³-hybridized carbons (Fsp3) is 0.424. The summed E-state index contributed by atoms with van der Waals surface area (Å²) >= 11 is 0. The number of hydrogen-bond donors (Lipinski definition) is 1. The highest BCUT2D eigenvalue weighted by Gasteiger charge is 2.35. The van der Waals surface area contributed by atoms with Gasteiger partial charge in [-0.2, -0.15) is 0 Å². The summed E-state index contributed by atoms with van der Waals surface area (Å²) in [5.41, 5.74) is 5.25. The van der Waals surface area contributed by atoms with Crippen molar-refractivity contribution in [2.24, 2.45) is 0 Å². The van der Waals surface area contributed by atoms with Crippen LogP contribution in [0, 0.1) is 0 Å². The standard InChI is InChI=1S/C33H41N3O3/c1-24-20-36(25(2)19-35(24)21-26-8-5-4-6-9-26)33(29-10-7-11-31(18-29)39-3)28-14-12-27(13-15-28)30-22-34(23-30)17-16-32(37)38/h4-15,18,24-25,30,33H,16-17,19-23H2,1-3H3,(H,37,38)/t24-,25-,33?/m1/s1. The Labute approximate surface area is 232 Å². The number of carboxylic acid groups (broad SMARTS) is 1. The first-order valence-electron chi connectivity index (χ1n) is 14.1. The quantitative estimate of drug-likeness (QED) is 0.389. The topological polar surface area (TPSA) is 56.2 Å². The van der Waals surface area contributed by atoms with E-state index >= 15 is 0 Å². The number of likely N-dealkylation sites (tertiary alicyclic amines) is 1. The van der Waals surface area contributed by atoms with Gasteiger partial charge in [0.05, 0.1) is 19.6 Å². The summed E-state index contributed by atoms with van der Waals surface area (Å²) in [6, 6.07) is 29.4. The van der Waals surface area contributed by atoms with E-state index in [-0.39, 0.29) is 12.5 Å². The smallest absolute Gasteiger partial charge is 0.304 e. The number of nitrogens with zero attached hydrogens (tertiary/aromatic N) is 3. The zero-order chi connectivity index (χ0) is 27.4. The molecule has 0 saturated carbocycles. The molecule has 206 valence electrons. The Morgan fingerprint density at radius 2 is 1.64 bits per heavy atom. The summed E-state index contributed by atoms with van der Waals surface area (Å²) in [4.78, 5) is 18.4. The van der Waals surface area contributed by atoms with Crippen LogP contribution in [0.2, 0.25) is 0 Å². The molecule has 1 unspecified atom stereocenters. The van der Waals surface area contributed by atoms with Gasteiger partial charge in [-0.25, -0.2) is 0 Å². The number of methoxy groups -OCH3 is 1. The van der Waals surface area contributed by atoms with Crippen LogP contribution < -0.4 is 4.74 Å². The summed E-state index contributed by atoms with van der Waals surface area (Å²) in [5.74, 6) is 0.632. The van der Waals surface area contributed by atoms with Crippen molar-refractivity contribution in [1.82, 2.24) is 14.7 Å². The highest BCUT2D eigenvalue weighted by Crippen LogP contribution is 2.36. The molecule has 0 radical (unpaired) electrons. The molecule has 6 heteroatoms. The van der Waals surface area contributed by atoms with Gasteiger partial charge >= 0.3 is 5.97 Å². The van der Waals surface area contributed by atoms with E-state index in [1.807, 2.05) is 6.07 Å². The molecule has 0 aliphatic carbocycles. The predicted molar refractivity (Wildman–Crippen MR) is 155 cm³/mol. The maximum atomic E-state index is 10.9. The van der Waals surface area contributed by atoms with E-state index in [1.54, 1.807) is 7.11 Å². The second-order valence-electron chi connectivity index (χ2n) is 11.3. The van der Waals surface area contributed by atoms with Gasteiger partial charge in [-0.3, -0.25) is 14.6 Å². The Balaban J connectivity index is 1.35. The molecule has 0 bridgehead atoms. The van der Waals surface area contributed by atoms with Gasteiger partial charge in [-0.1, -0.05) is 66.7 Å². The Hall–Kier alpha value is -3.19. The minimum absolute atomic E-state index is 0.138. The van der Waals surface area contributed by atoms with Crippen molar-refractivity contribution in [1.29, 1.82) is 0 Å². The van der Waals surface area contributed by atoms with E-state index < -0.39 is 5.97 Å². The first-order chi connectivity index (χ1) is 18.9. The van der Waals surface area contributed by atoms with Crippen molar-refractivity contribution in [3.63, 3.8) is 0 Å². The SMILES string of the molecule is COc1cccc(C(c2ccc(C3CN(CCC(=O)O)C3)cc2)N2C[C@@H](C)N(Cc3ccccc3)C[C@H]2C)c1. The number of benzene rings is 3. The van der Waals surface area contributed by atoms with Gasteiger partial charge in [-0.15, -0.1) is 0 Å². The van der Waals surface area contributed by atoms with Gasteiger partial charge in [0, 0.05) is 57.3 Å². The third kappa shape index (κ3) is 6.52. The van der Waals surface area contributed by atoms with Crippen molar-refractivity contribution < 1.29 is 14.6 Å². The Bertz CT molecular complexity index is 1230. The molecular weight excluding hydrogens is 486 g/mol. The third-order valence-corrected chi connectivity index (χ3v) is 8.46. The van der Waals surface area contributed by atoms with E-state index in [0.29, 0.717) is 24.5 Å². The van der Waals surface area contributed by atoms with Crippen LogP contribution in [0.3, 0.4) is 0 Å². The maximum Gasteiger partial charge on any atom is 0.304 e. The predicted octanol–water partition coefficient (Wildman–Crippen LogP) is 5.25. The average Bonchev–Trinajstić information content (AvgIpc) is 2.92. The number of carboxylic acids is 1. The molecule has 2 heterocycles. The van der Waals surface area contributed by atoms with Crippen LogP contribution in [0.1, 0.15) is 54.5 Å². The van der Waals surface area contributed by atoms with Crippen LogP contribution >= 0.6 is 0 Å². The van der Waals surface area contributed by atoms with Crippen LogP contribution in [-0.2, 0) is 11.3 Å². The molecule has 3 aromatic carbocycles. The number of aliphatic carboxylic acids is 1.